The Morgan fingerprint density at radius 1 is 1.08 bits per heavy atom. The Hall–Kier alpha value is -1.83. The van der Waals surface area contributed by atoms with Crippen molar-refractivity contribution in [2.45, 2.75) is 13.1 Å². The van der Waals surface area contributed by atoms with Gasteiger partial charge in [-0.2, -0.15) is 5.01 Å². The lowest BCUT2D eigenvalue weighted by atomic mass is 10.1. The van der Waals surface area contributed by atoms with E-state index in [1.807, 2.05) is 36.4 Å². The second kappa shape index (κ2) is 7.19. The average molecular weight is 385 g/mol. The fourth-order valence-electron chi connectivity index (χ4n) is 2.71. The van der Waals surface area contributed by atoms with Crippen LogP contribution in [0.2, 0.25) is 0 Å². The van der Waals surface area contributed by atoms with Gasteiger partial charge < -0.3 is 0 Å². The Morgan fingerprint density at radius 2 is 1.76 bits per heavy atom. The zero-order chi connectivity index (χ0) is 17.2. The van der Waals surface area contributed by atoms with Gasteiger partial charge in [-0.15, -0.1) is 5.10 Å². The van der Waals surface area contributed by atoms with E-state index < -0.39 is 0 Å². The zero-order valence-corrected chi connectivity index (χ0v) is 16.0. The monoisotopic (exact) mass is 384 g/mol. The van der Waals surface area contributed by atoms with Gasteiger partial charge in [0.15, 0.2) is 15.7 Å². The summed E-state index contributed by atoms with van der Waals surface area (Å²) in [5.41, 5.74) is 2.12. The van der Waals surface area contributed by atoms with E-state index in [0.717, 1.165) is 26.5 Å². The maximum absolute atomic E-state index is 5.80. The number of thiocarbonyl (C=S) groups is 1. The van der Waals surface area contributed by atoms with E-state index in [-0.39, 0.29) is 6.17 Å². The van der Waals surface area contributed by atoms with Crippen molar-refractivity contribution in [3.05, 3.63) is 66.2 Å². The van der Waals surface area contributed by atoms with E-state index in [2.05, 4.69) is 41.2 Å². The number of amidine groups is 1. The molecule has 0 amide bonds. The summed E-state index contributed by atoms with van der Waals surface area (Å²) in [5.74, 6) is 0.976. The van der Waals surface area contributed by atoms with Crippen LogP contribution < -0.4 is 4.90 Å². The predicted molar refractivity (Wildman–Crippen MR) is 113 cm³/mol. The van der Waals surface area contributed by atoms with E-state index in [1.165, 1.54) is 0 Å². The Bertz CT molecular complexity index is 836. The van der Waals surface area contributed by atoms with Crippen LogP contribution in [0.1, 0.15) is 18.7 Å². The maximum atomic E-state index is 5.80. The van der Waals surface area contributed by atoms with Crippen LogP contribution in [0.25, 0.3) is 0 Å². The van der Waals surface area contributed by atoms with Crippen LogP contribution >= 0.6 is 35.7 Å². The van der Waals surface area contributed by atoms with Crippen LogP contribution in [-0.2, 0) is 0 Å². The average Bonchev–Trinajstić information content (AvgIpc) is 3.06. The van der Waals surface area contributed by atoms with Gasteiger partial charge in [-0.25, -0.2) is 4.99 Å². The molecule has 4 nitrogen and oxygen atoms in total. The number of para-hydroxylation sites is 1. The third-order valence-corrected chi connectivity index (χ3v) is 6.11. The maximum Gasteiger partial charge on any atom is 0.205 e. The van der Waals surface area contributed by atoms with Gasteiger partial charge in [0.1, 0.15) is 0 Å². The molecule has 2 aliphatic rings. The van der Waals surface area contributed by atoms with Crippen molar-refractivity contribution >= 4 is 56.1 Å². The summed E-state index contributed by atoms with van der Waals surface area (Å²) in [6.07, 6.45) is -0.184. The van der Waals surface area contributed by atoms with Crippen LogP contribution in [0.15, 0.2) is 70.8 Å². The van der Waals surface area contributed by atoms with Crippen molar-refractivity contribution in [1.82, 2.24) is 5.01 Å². The molecule has 0 bridgehead atoms. The Morgan fingerprint density at radius 3 is 2.44 bits per heavy atom. The molecule has 2 aromatic rings. The molecule has 0 spiro atoms. The van der Waals surface area contributed by atoms with Crippen molar-refractivity contribution in [2.75, 3.05) is 10.7 Å². The standard InChI is InChI=1S/C18H16N4S3/c1-2-24-17-20-22-16(25-17)19-15(13-9-5-3-6-10-13)21(18(22)23)14-11-7-4-8-12-14/h3-12,15H,2H2,1H3. The first-order valence-electron chi connectivity index (χ1n) is 7.98. The Kier molecular flexibility index (Phi) is 4.78. The first-order chi connectivity index (χ1) is 12.3. The first-order valence-corrected chi connectivity index (χ1v) is 10.2. The Balaban J connectivity index is 1.79. The van der Waals surface area contributed by atoms with Crippen molar-refractivity contribution in [3.8, 4) is 0 Å². The molecule has 1 unspecified atom stereocenters. The van der Waals surface area contributed by atoms with Crippen LogP contribution in [0.5, 0.6) is 0 Å². The summed E-state index contributed by atoms with van der Waals surface area (Å²) in [6, 6.07) is 20.4. The lowest BCUT2D eigenvalue weighted by molar-refractivity contribution is 0.599. The van der Waals surface area contributed by atoms with Crippen molar-refractivity contribution in [1.29, 1.82) is 0 Å². The van der Waals surface area contributed by atoms with Crippen molar-refractivity contribution in [3.63, 3.8) is 0 Å². The van der Waals surface area contributed by atoms with Gasteiger partial charge in [0.05, 0.1) is 0 Å². The minimum absolute atomic E-state index is 0.184. The summed E-state index contributed by atoms with van der Waals surface area (Å²) >= 11 is 9.11. The number of anilines is 1. The number of benzene rings is 2. The highest BCUT2D eigenvalue weighted by atomic mass is 32.2. The molecule has 0 N–H and O–H groups in total. The van der Waals surface area contributed by atoms with Gasteiger partial charge >= 0.3 is 0 Å². The number of fused-ring (bicyclic) bond motifs is 1. The van der Waals surface area contributed by atoms with Gasteiger partial charge in [-0.05, 0) is 47.4 Å². The molecule has 0 radical (unpaired) electrons. The molecule has 2 aliphatic heterocycles. The molecule has 0 fully saturated rings. The molecule has 0 aromatic heterocycles. The molecule has 1 atom stereocenters. The summed E-state index contributed by atoms with van der Waals surface area (Å²) < 4.78 is 0.991. The molecule has 2 heterocycles. The molecule has 0 saturated carbocycles. The number of thioether (sulfide) groups is 2. The number of nitrogens with zero attached hydrogens (tertiary/aromatic N) is 4. The highest BCUT2D eigenvalue weighted by Gasteiger charge is 2.38. The number of rotatable bonds is 3. The number of hydrogen-bond donors (Lipinski definition) is 0. The second-order valence-electron chi connectivity index (χ2n) is 5.40. The largest absolute Gasteiger partial charge is 0.290 e. The van der Waals surface area contributed by atoms with Crippen LogP contribution in [-0.4, -0.2) is 25.4 Å². The van der Waals surface area contributed by atoms with E-state index in [1.54, 1.807) is 28.5 Å². The second-order valence-corrected chi connectivity index (χ2v) is 8.23. The van der Waals surface area contributed by atoms with E-state index in [9.17, 15) is 0 Å². The molecule has 7 heteroatoms. The van der Waals surface area contributed by atoms with Crippen molar-refractivity contribution in [2.24, 2.45) is 10.1 Å². The number of hydrazone groups is 1. The predicted octanol–water partition coefficient (Wildman–Crippen LogP) is 4.92. The highest BCUT2D eigenvalue weighted by Crippen LogP contribution is 2.39. The minimum atomic E-state index is -0.184. The van der Waals surface area contributed by atoms with E-state index in [4.69, 9.17) is 17.2 Å². The molecular formula is C18H16N4S3. The van der Waals surface area contributed by atoms with Gasteiger partial charge in [0.25, 0.3) is 0 Å². The Labute approximate surface area is 161 Å². The smallest absolute Gasteiger partial charge is 0.205 e. The minimum Gasteiger partial charge on any atom is -0.290 e. The van der Waals surface area contributed by atoms with Gasteiger partial charge in [0.2, 0.25) is 5.11 Å². The zero-order valence-electron chi connectivity index (χ0n) is 13.6. The summed E-state index contributed by atoms with van der Waals surface area (Å²) in [5, 5.41) is 7.93. The van der Waals surface area contributed by atoms with Crippen LogP contribution in [0.4, 0.5) is 5.69 Å². The first kappa shape index (κ1) is 16.6. The topological polar surface area (TPSA) is 31.2 Å². The highest BCUT2D eigenvalue weighted by molar-refractivity contribution is 8.45. The molecule has 0 aliphatic carbocycles. The molecule has 2 aromatic carbocycles. The summed E-state index contributed by atoms with van der Waals surface area (Å²) in [4.78, 5) is 7.04. The lowest BCUT2D eigenvalue weighted by Crippen LogP contribution is -2.47. The molecular weight excluding hydrogens is 368 g/mol. The molecule has 126 valence electrons. The van der Waals surface area contributed by atoms with E-state index in [0.29, 0.717) is 5.11 Å². The molecule has 25 heavy (non-hydrogen) atoms. The molecule has 0 saturated heterocycles. The normalized spacial score (nSPS) is 19.6. The van der Waals surface area contributed by atoms with Crippen LogP contribution in [0, 0.1) is 0 Å². The third-order valence-electron chi connectivity index (χ3n) is 3.81. The quantitative estimate of drug-likeness (QED) is 0.701. The molecule has 4 rings (SSSR count). The third kappa shape index (κ3) is 3.19. The fourth-order valence-corrected chi connectivity index (χ4v) is 4.95. The van der Waals surface area contributed by atoms with E-state index >= 15 is 0 Å². The number of aliphatic imine (C=N–C) groups is 1. The summed E-state index contributed by atoms with van der Waals surface area (Å²) in [7, 11) is 0. The SMILES string of the molecule is CCSC1=NN2C(=S)N(c3ccccc3)C(c3ccccc3)N=C2S1. The summed E-state index contributed by atoms with van der Waals surface area (Å²) in [6.45, 7) is 2.12. The van der Waals surface area contributed by atoms with Crippen molar-refractivity contribution < 1.29 is 0 Å². The van der Waals surface area contributed by atoms with Gasteiger partial charge in [0, 0.05) is 5.69 Å². The lowest BCUT2D eigenvalue weighted by Gasteiger charge is -2.37. The fraction of sp³-hybridized carbons (Fsp3) is 0.167. The van der Waals surface area contributed by atoms with Crippen LogP contribution in [0.3, 0.4) is 0 Å². The van der Waals surface area contributed by atoms with Gasteiger partial charge in [-0.3, -0.25) is 4.90 Å². The van der Waals surface area contributed by atoms with Gasteiger partial charge in [-0.1, -0.05) is 67.2 Å². The number of hydrogen-bond acceptors (Lipinski definition) is 5.